The first kappa shape index (κ1) is 16.8. The molecule has 0 heterocycles. The van der Waals surface area contributed by atoms with E-state index in [4.69, 9.17) is 9.47 Å². The lowest BCUT2D eigenvalue weighted by Crippen LogP contribution is -2.34. The summed E-state index contributed by atoms with van der Waals surface area (Å²) in [4.78, 5) is 0. The van der Waals surface area contributed by atoms with E-state index in [0.29, 0.717) is 12.1 Å². The number of hydrogen-bond acceptors (Lipinski definition) is 3. The van der Waals surface area contributed by atoms with Gasteiger partial charge < -0.3 is 14.8 Å². The fraction of sp³-hybridized carbons (Fsp3) is 0.647. The van der Waals surface area contributed by atoms with Gasteiger partial charge in [-0.3, -0.25) is 0 Å². The summed E-state index contributed by atoms with van der Waals surface area (Å²) in [6.07, 6.45) is 3.99. The van der Waals surface area contributed by atoms with E-state index in [9.17, 15) is 0 Å². The first-order valence-corrected chi connectivity index (χ1v) is 8.65. The summed E-state index contributed by atoms with van der Waals surface area (Å²) in [5, 5.41) is 3.61. The van der Waals surface area contributed by atoms with Gasteiger partial charge in [-0.15, -0.1) is 0 Å². The van der Waals surface area contributed by atoms with Crippen molar-refractivity contribution < 1.29 is 9.47 Å². The van der Waals surface area contributed by atoms with Gasteiger partial charge in [-0.1, -0.05) is 22.9 Å². The molecule has 1 aromatic carbocycles. The summed E-state index contributed by atoms with van der Waals surface area (Å²) in [5.74, 6) is 1.71. The third-order valence-electron chi connectivity index (χ3n) is 4.18. The zero-order chi connectivity index (χ0) is 15.2. The number of ether oxygens (including phenoxy) is 2. The van der Waals surface area contributed by atoms with E-state index < -0.39 is 0 Å². The second-order valence-corrected chi connectivity index (χ2v) is 6.56. The highest BCUT2D eigenvalue weighted by Gasteiger charge is 2.32. The number of halogens is 1. The third-order valence-corrected chi connectivity index (χ3v) is 4.67. The number of hydrogen-bond donors (Lipinski definition) is 1. The fourth-order valence-electron chi connectivity index (χ4n) is 3.12. The molecule has 118 valence electrons. The molecule has 0 saturated heterocycles. The Bertz CT molecular complexity index is 446. The van der Waals surface area contributed by atoms with Crippen LogP contribution in [0.2, 0.25) is 0 Å². The van der Waals surface area contributed by atoms with Crippen LogP contribution >= 0.6 is 15.9 Å². The van der Waals surface area contributed by atoms with Crippen LogP contribution < -0.4 is 10.1 Å². The zero-order valence-corrected chi connectivity index (χ0v) is 14.8. The van der Waals surface area contributed by atoms with Crippen LogP contribution in [0.4, 0.5) is 0 Å². The number of rotatable bonds is 8. The van der Waals surface area contributed by atoms with Gasteiger partial charge in [0, 0.05) is 22.7 Å². The van der Waals surface area contributed by atoms with Gasteiger partial charge in [0.15, 0.2) is 0 Å². The van der Waals surface area contributed by atoms with Crippen molar-refractivity contribution in [3.8, 4) is 5.75 Å². The molecule has 0 amide bonds. The maximum absolute atomic E-state index is 5.67. The van der Waals surface area contributed by atoms with E-state index in [2.05, 4.69) is 41.2 Å². The molecule has 0 aromatic heterocycles. The van der Waals surface area contributed by atoms with Gasteiger partial charge in [0.05, 0.1) is 13.2 Å². The largest absolute Gasteiger partial charge is 0.496 e. The molecular formula is C17H26BrNO2. The predicted molar refractivity (Wildman–Crippen MR) is 89.9 cm³/mol. The molecule has 1 aromatic rings. The molecule has 0 bridgehead atoms. The lowest BCUT2D eigenvalue weighted by molar-refractivity contribution is -0.0291. The molecule has 1 atom stereocenters. The minimum absolute atomic E-state index is 0.343. The van der Waals surface area contributed by atoms with Gasteiger partial charge in [-0.25, -0.2) is 0 Å². The van der Waals surface area contributed by atoms with Crippen LogP contribution in [0.25, 0.3) is 0 Å². The van der Waals surface area contributed by atoms with Crippen LogP contribution in [0.3, 0.4) is 0 Å². The lowest BCUT2D eigenvalue weighted by Gasteiger charge is -2.37. The molecule has 1 aliphatic carbocycles. The van der Waals surface area contributed by atoms with Gasteiger partial charge in [0.25, 0.3) is 0 Å². The normalized spacial score (nSPS) is 22.7. The van der Waals surface area contributed by atoms with Crippen LogP contribution in [0.5, 0.6) is 5.75 Å². The Hall–Kier alpha value is -0.580. The summed E-state index contributed by atoms with van der Waals surface area (Å²) >= 11 is 3.57. The Morgan fingerprint density at radius 2 is 2.10 bits per heavy atom. The van der Waals surface area contributed by atoms with Gasteiger partial charge in [0.2, 0.25) is 0 Å². The topological polar surface area (TPSA) is 30.5 Å². The van der Waals surface area contributed by atoms with Crippen molar-refractivity contribution in [3.05, 3.63) is 28.2 Å². The monoisotopic (exact) mass is 355 g/mol. The molecule has 1 unspecified atom stereocenters. The molecule has 1 aliphatic rings. The lowest BCUT2D eigenvalue weighted by atomic mass is 9.77. The average molecular weight is 356 g/mol. The maximum atomic E-state index is 5.67. The van der Waals surface area contributed by atoms with Gasteiger partial charge in [-0.2, -0.15) is 0 Å². The van der Waals surface area contributed by atoms with Crippen molar-refractivity contribution in [3.63, 3.8) is 0 Å². The Kier molecular flexibility index (Phi) is 6.52. The molecule has 0 aliphatic heterocycles. The van der Waals surface area contributed by atoms with Crippen molar-refractivity contribution in [2.75, 3.05) is 20.3 Å². The molecule has 4 heteroatoms. The van der Waals surface area contributed by atoms with Crippen molar-refractivity contribution >= 4 is 15.9 Å². The van der Waals surface area contributed by atoms with Gasteiger partial charge in [-0.05, 0) is 56.8 Å². The van der Waals surface area contributed by atoms with Crippen molar-refractivity contribution in [2.24, 2.45) is 5.92 Å². The highest BCUT2D eigenvalue weighted by Crippen LogP contribution is 2.39. The van der Waals surface area contributed by atoms with Crippen molar-refractivity contribution in [2.45, 2.75) is 45.3 Å². The highest BCUT2D eigenvalue weighted by molar-refractivity contribution is 9.10. The number of benzene rings is 1. The SMILES string of the molecule is CCNC(CC1CC(OCC)C1)c1cc(Br)ccc1OC. The quantitative estimate of drug-likeness (QED) is 0.753. The molecule has 0 radical (unpaired) electrons. The van der Waals surface area contributed by atoms with E-state index in [1.165, 1.54) is 18.4 Å². The third kappa shape index (κ3) is 4.44. The van der Waals surface area contributed by atoms with E-state index >= 15 is 0 Å². The molecule has 1 fully saturated rings. The number of methoxy groups -OCH3 is 1. The molecular weight excluding hydrogens is 330 g/mol. The maximum Gasteiger partial charge on any atom is 0.123 e. The Morgan fingerprint density at radius 1 is 1.33 bits per heavy atom. The van der Waals surface area contributed by atoms with Crippen LogP contribution in [0.1, 0.15) is 44.7 Å². The van der Waals surface area contributed by atoms with Crippen LogP contribution in [-0.4, -0.2) is 26.4 Å². The minimum atomic E-state index is 0.343. The first-order valence-electron chi connectivity index (χ1n) is 7.86. The minimum Gasteiger partial charge on any atom is -0.496 e. The smallest absolute Gasteiger partial charge is 0.123 e. The summed E-state index contributed by atoms with van der Waals surface area (Å²) in [6.45, 7) is 6.01. The molecule has 1 saturated carbocycles. The molecule has 2 rings (SSSR count). The summed E-state index contributed by atoms with van der Waals surface area (Å²) in [6, 6.07) is 6.58. The van der Waals surface area contributed by atoms with E-state index in [-0.39, 0.29) is 0 Å². The van der Waals surface area contributed by atoms with Crippen LogP contribution in [0.15, 0.2) is 22.7 Å². The molecule has 1 N–H and O–H groups in total. The van der Waals surface area contributed by atoms with E-state index in [0.717, 1.165) is 35.7 Å². The van der Waals surface area contributed by atoms with E-state index in [1.807, 2.05) is 12.1 Å². The van der Waals surface area contributed by atoms with Gasteiger partial charge in [0.1, 0.15) is 5.75 Å². The average Bonchev–Trinajstić information content (AvgIpc) is 2.44. The zero-order valence-electron chi connectivity index (χ0n) is 13.2. The standard InChI is InChI=1S/C17H26BrNO2/c1-4-19-16(10-12-8-14(9-12)21-5-2)15-11-13(18)6-7-17(15)20-3/h6-7,11-12,14,16,19H,4-5,8-10H2,1-3H3. The second kappa shape index (κ2) is 8.16. The van der Waals surface area contributed by atoms with Crippen molar-refractivity contribution in [1.82, 2.24) is 5.32 Å². The van der Waals surface area contributed by atoms with Gasteiger partial charge >= 0.3 is 0 Å². The molecule has 0 spiro atoms. The number of nitrogens with one attached hydrogen (secondary N) is 1. The van der Waals surface area contributed by atoms with E-state index in [1.54, 1.807) is 7.11 Å². The summed E-state index contributed by atoms with van der Waals surface area (Å²) < 4.78 is 12.3. The summed E-state index contributed by atoms with van der Waals surface area (Å²) in [7, 11) is 1.74. The molecule has 21 heavy (non-hydrogen) atoms. The van der Waals surface area contributed by atoms with Crippen molar-refractivity contribution in [1.29, 1.82) is 0 Å². The fourth-order valence-corrected chi connectivity index (χ4v) is 3.50. The summed E-state index contributed by atoms with van der Waals surface area (Å²) in [5.41, 5.74) is 1.24. The van der Waals surface area contributed by atoms with Crippen LogP contribution in [0, 0.1) is 5.92 Å². The second-order valence-electron chi connectivity index (χ2n) is 5.65. The highest BCUT2D eigenvalue weighted by atomic mass is 79.9. The Balaban J connectivity index is 2.04. The van der Waals surface area contributed by atoms with Crippen LogP contribution in [-0.2, 0) is 4.74 Å². The first-order chi connectivity index (χ1) is 10.2. The predicted octanol–water partition coefficient (Wildman–Crippen LogP) is 4.31. The molecule has 3 nitrogen and oxygen atoms in total. The Morgan fingerprint density at radius 3 is 2.71 bits per heavy atom. The Labute approximate surface area is 136 Å².